The van der Waals surface area contributed by atoms with Crippen LogP contribution in [-0.2, 0) is 0 Å². The van der Waals surface area contributed by atoms with Crippen LogP contribution in [0, 0.1) is 18.3 Å². The average Bonchev–Trinajstić information content (AvgIpc) is 3.29. The van der Waals surface area contributed by atoms with Crippen molar-refractivity contribution in [2.75, 3.05) is 18.0 Å². The van der Waals surface area contributed by atoms with E-state index in [0.717, 1.165) is 30.2 Å². The summed E-state index contributed by atoms with van der Waals surface area (Å²) in [6.07, 6.45) is 6.37. The zero-order valence-corrected chi connectivity index (χ0v) is 12.1. The highest BCUT2D eigenvalue weighted by Crippen LogP contribution is 2.31. The molecule has 0 aromatic carbocycles. The Balaban J connectivity index is 1.79. The summed E-state index contributed by atoms with van der Waals surface area (Å²) in [6.45, 7) is 4.12. The van der Waals surface area contributed by atoms with Crippen LogP contribution in [0.4, 0.5) is 5.82 Å². The molecule has 106 valence electrons. The van der Waals surface area contributed by atoms with Gasteiger partial charge in [-0.25, -0.2) is 4.98 Å². The fraction of sp³-hybridized carbons (Fsp3) is 0.625. The summed E-state index contributed by atoms with van der Waals surface area (Å²) in [5, 5.41) is 12.7. The summed E-state index contributed by atoms with van der Waals surface area (Å²) in [6, 6.07) is 7.23. The molecule has 4 nitrogen and oxygen atoms in total. The molecule has 1 N–H and O–H groups in total. The molecule has 1 saturated carbocycles. The molecule has 0 radical (unpaired) electrons. The van der Waals surface area contributed by atoms with Gasteiger partial charge >= 0.3 is 0 Å². The molecule has 2 heterocycles. The van der Waals surface area contributed by atoms with E-state index in [1.54, 1.807) is 0 Å². The van der Waals surface area contributed by atoms with Crippen LogP contribution in [0.15, 0.2) is 12.1 Å². The van der Waals surface area contributed by atoms with Crippen LogP contribution in [0.1, 0.15) is 43.4 Å². The molecular weight excluding hydrogens is 248 g/mol. The summed E-state index contributed by atoms with van der Waals surface area (Å²) in [5.41, 5.74) is 1.65. The lowest BCUT2D eigenvalue weighted by atomic mass is 10.0. The minimum Gasteiger partial charge on any atom is -0.352 e. The lowest BCUT2D eigenvalue weighted by Crippen LogP contribution is -2.44. The number of nitrogens with zero attached hydrogens (tertiary/aromatic N) is 3. The average molecular weight is 270 g/mol. The van der Waals surface area contributed by atoms with E-state index in [1.165, 1.54) is 32.1 Å². The quantitative estimate of drug-likeness (QED) is 0.912. The fourth-order valence-corrected chi connectivity index (χ4v) is 3.00. The maximum absolute atomic E-state index is 9.14. The number of hydrogen-bond donors (Lipinski definition) is 1. The van der Waals surface area contributed by atoms with Crippen molar-refractivity contribution in [3.05, 3.63) is 23.4 Å². The van der Waals surface area contributed by atoms with Crippen molar-refractivity contribution in [3.63, 3.8) is 0 Å². The van der Waals surface area contributed by atoms with Gasteiger partial charge in [0.25, 0.3) is 0 Å². The zero-order chi connectivity index (χ0) is 13.9. The van der Waals surface area contributed by atoms with Crippen molar-refractivity contribution in [3.8, 4) is 6.07 Å². The minimum absolute atomic E-state index is 0.567. The van der Waals surface area contributed by atoms with E-state index in [9.17, 15) is 0 Å². The van der Waals surface area contributed by atoms with Crippen molar-refractivity contribution in [2.24, 2.45) is 0 Å². The summed E-state index contributed by atoms with van der Waals surface area (Å²) in [7, 11) is 0. The molecule has 1 saturated heterocycles. The second-order valence-electron chi connectivity index (χ2n) is 6.00. The molecule has 1 aromatic rings. The Kier molecular flexibility index (Phi) is 3.88. The summed E-state index contributed by atoms with van der Waals surface area (Å²) in [5.74, 6) is 0.983. The zero-order valence-electron chi connectivity index (χ0n) is 12.1. The molecule has 0 bridgehead atoms. The first-order chi connectivity index (χ1) is 9.76. The Hall–Kier alpha value is -1.60. The topological polar surface area (TPSA) is 52.0 Å². The molecule has 1 aliphatic carbocycles. The van der Waals surface area contributed by atoms with E-state index >= 15 is 0 Å². The third-order valence-electron chi connectivity index (χ3n) is 4.18. The first-order valence-electron chi connectivity index (χ1n) is 7.65. The lowest BCUT2D eigenvalue weighted by molar-refractivity contribution is 0.397. The third kappa shape index (κ3) is 3.10. The van der Waals surface area contributed by atoms with Gasteiger partial charge in [0.2, 0.25) is 0 Å². The van der Waals surface area contributed by atoms with Crippen molar-refractivity contribution in [1.29, 1.82) is 5.26 Å². The Labute approximate surface area is 120 Å². The van der Waals surface area contributed by atoms with E-state index in [2.05, 4.69) is 21.3 Å². The molecule has 3 rings (SSSR count). The number of nitrogens with one attached hydrogen (secondary N) is 1. The van der Waals surface area contributed by atoms with Crippen molar-refractivity contribution in [2.45, 2.75) is 51.1 Å². The van der Waals surface area contributed by atoms with E-state index in [1.807, 2.05) is 19.1 Å². The predicted molar refractivity (Wildman–Crippen MR) is 79.7 cm³/mol. The number of rotatable bonds is 4. The van der Waals surface area contributed by atoms with Gasteiger partial charge in [-0.3, -0.25) is 0 Å². The molecule has 0 spiro atoms. The van der Waals surface area contributed by atoms with Gasteiger partial charge in [-0.1, -0.05) is 6.42 Å². The number of aromatic nitrogens is 1. The van der Waals surface area contributed by atoms with E-state index in [-0.39, 0.29) is 0 Å². The maximum Gasteiger partial charge on any atom is 0.130 e. The van der Waals surface area contributed by atoms with Crippen molar-refractivity contribution >= 4 is 5.82 Å². The highest BCUT2D eigenvalue weighted by Gasteiger charge is 2.32. The monoisotopic (exact) mass is 270 g/mol. The standard InChI is InChI=1S/C16H22N4/c1-12-8-13(10-17)9-16(19-12)20(15-5-6-15)11-14-4-2-3-7-18-14/h8-9,14-15,18H,2-7,11H2,1H3. The first-order valence-corrected chi connectivity index (χ1v) is 7.65. The number of nitriles is 1. The minimum atomic E-state index is 0.567. The Bertz CT molecular complexity index is 510. The second kappa shape index (κ2) is 5.80. The summed E-state index contributed by atoms with van der Waals surface area (Å²) < 4.78 is 0. The number of aryl methyl sites for hydroxylation is 1. The van der Waals surface area contributed by atoms with Gasteiger partial charge < -0.3 is 10.2 Å². The van der Waals surface area contributed by atoms with Crippen LogP contribution in [0.5, 0.6) is 0 Å². The van der Waals surface area contributed by atoms with Gasteiger partial charge in [0.05, 0.1) is 11.6 Å². The van der Waals surface area contributed by atoms with Gasteiger partial charge in [0, 0.05) is 24.3 Å². The Morgan fingerprint density at radius 3 is 2.85 bits per heavy atom. The lowest BCUT2D eigenvalue weighted by Gasteiger charge is -2.31. The van der Waals surface area contributed by atoms with Crippen LogP contribution in [0.25, 0.3) is 0 Å². The smallest absolute Gasteiger partial charge is 0.130 e. The van der Waals surface area contributed by atoms with Crippen LogP contribution in [0.3, 0.4) is 0 Å². The normalized spacial score (nSPS) is 22.3. The maximum atomic E-state index is 9.14. The first kappa shape index (κ1) is 13.4. The molecular formula is C16H22N4. The molecule has 2 fully saturated rings. The fourth-order valence-electron chi connectivity index (χ4n) is 3.00. The van der Waals surface area contributed by atoms with E-state index in [0.29, 0.717) is 12.1 Å². The van der Waals surface area contributed by atoms with Crippen molar-refractivity contribution in [1.82, 2.24) is 10.3 Å². The number of anilines is 1. The van der Waals surface area contributed by atoms with Crippen LogP contribution >= 0.6 is 0 Å². The van der Waals surface area contributed by atoms with Gasteiger partial charge in [-0.2, -0.15) is 5.26 Å². The molecule has 1 unspecified atom stereocenters. The number of pyridine rings is 1. The molecule has 1 aliphatic heterocycles. The van der Waals surface area contributed by atoms with Gasteiger partial charge in [-0.15, -0.1) is 0 Å². The highest BCUT2D eigenvalue weighted by atomic mass is 15.2. The van der Waals surface area contributed by atoms with E-state index in [4.69, 9.17) is 5.26 Å². The van der Waals surface area contributed by atoms with Crippen LogP contribution in [-0.4, -0.2) is 30.2 Å². The van der Waals surface area contributed by atoms with Gasteiger partial charge in [0.15, 0.2) is 0 Å². The Morgan fingerprint density at radius 1 is 1.35 bits per heavy atom. The predicted octanol–water partition coefficient (Wildman–Crippen LogP) is 2.37. The number of piperidine rings is 1. The molecule has 4 heteroatoms. The third-order valence-corrected chi connectivity index (χ3v) is 4.18. The molecule has 2 aliphatic rings. The molecule has 0 amide bonds. The SMILES string of the molecule is Cc1cc(C#N)cc(N(CC2CCCCN2)C2CC2)n1. The largest absolute Gasteiger partial charge is 0.352 e. The van der Waals surface area contributed by atoms with Crippen LogP contribution in [0.2, 0.25) is 0 Å². The van der Waals surface area contributed by atoms with E-state index < -0.39 is 0 Å². The van der Waals surface area contributed by atoms with Gasteiger partial charge in [-0.05, 0) is 51.3 Å². The molecule has 20 heavy (non-hydrogen) atoms. The Morgan fingerprint density at radius 2 is 2.20 bits per heavy atom. The van der Waals surface area contributed by atoms with Crippen molar-refractivity contribution < 1.29 is 0 Å². The van der Waals surface area contributed by atoms with Crippen LogP contribution < -0.4 is 10.2 Å². The second-order valence-corrected chi connectivity index (χ2v) is 6.00. The highest BCUT2D eigenvalue weighted by molar-refractivity contribution is 5.48. The summed E-state index contributed by atoms with van der Waals surface area (Å²) >= 11 is 0. The molecule has 1 atom stereocenters. The molecule has 1 aromatic heterocycles. The van der Waals surface area contributed by atoms with Gasteiger partial charge in [0.1, 0.15) is 5.82 Å². The summed E-state index contributed by atoms with van der Waals surface area (Å²) in [4.78, 5) is 7.07. The number of hydrogen-bond acceptors (Lipinski definition) is 4.